The predicted octanol–water partition coefficient (Wildman–Crippen LogP) is 8.96. The van der Waals surface area contributed by atoms with Crippen molar-refractivity contribution in [3.05, 3.63) is 115 Å². The highest BCUT2D eigenvalue weighted by Gasteiger charge is 2.22. The van der Waals surface area contributed by atoms with Crippen molar-refractivity contribution in [1.82, 2.24) is 0 Å². The maximum atomic E-state index is 6.40. The number of benzene rings is 5. The van der Waals surface area contributed by atoms with E-state index in [1.807, 2.05) is 36.4 Å². The SMILES string of the molecule is c1ccc(N(c2ccccc2)c2cccc3oc4ccc5c6ccccc6oc5c4c23)cc1. The fourth-order valence-electron chi connectivity index (χ4n) is 4.83. The van der Waals surface area contributed by atoms with E-state index in [9.17, 15) is 0 Å². The fraction of sp³-hybridized carbons (Fsp3) is 0. The number of para-hydroxylation sites is 3. The summed E-state index contributed by atoms with van der Waals surface area (Å²) in [5, 5.41) is 4.27. The van der Waals surface area contributed by atoms with Crippen molar-refractivity contribution in [2.75, 3.05) is 4.90 Å². The number of fused-ring (bicyclic) bond motifs is 7. The van der Waals surface area contributed by atoms with E-state index >= 15 is 0 Å². The Morgan fingerprint density at radius 2 is 1.06 bits per heavy atom. The molecular weight excluding hydrogens is 406 g/mol. The molecule has 0 spiro atoms. The van der Waals surface area contributed by atoms with Crippen molar-refractivity contribution in [2.45, 2.75) is 0 Å². The van der Waals surface area contributed by atoms with Crippen molar-refractivity contribution in [2.24, 2.45) is 0 Å². The second-order valence-corrected chi connectivity index (χ2v) is 8.17. The first-order chi connectivity index (χ1) is 16.4. The van der Waals surface area contributed by atoms with Crippen molar-refractivity contribution in [3.8, 4) is 0 Å². The molecule has 7 rings (SSSR count). The lowest BCUT2D eigenvalue weighted by atomic mass is 10.1. The van der Waals surface area contributed by atoms with Gasteiger partial charge in [0, 0.05) is 22.1 Å². The lowest BCUT2D eigenvalue weighted by molar-refractivity contribution is 0.663. The molecule has 33 heavy (non-hydrogen) atoms. The molecule has 0 unspecified atom stereocenters. The molecule has 0 aliphatic carbocycles. The lowest BCUT2D eigenvalue weighted by Crippen LogP contribution is -2.09. The lowest BCUT2D eigenvalue weighted by Gasteiger charge is -2.26. The Labute approximate surface area is 190 Å². The average molecular weight is 425 g/mol. The summed E-state index contributed by atoms with van der Waals surface area (Å²) in [6.07, 6.45) is 0. The first-order valence-corrected chi connectivity index (χ1v) is 11.0. The molecule has 156 valence electrons. The molecule has 0 radical (unpaired) electrons. The molecule has 3 nitrogen and oxygen atoms in total. The van der Waals surface area contributed by atoms with Crippen molar-refractivity contribution < 1.29 is 8.83 Å². The molecule has 0 aliphatic rings. The largest absolute Gasteiger partial charge is 0.456 e. The van der Waals surface area contributed by atoms with Gasteiger partial charge in [-0.2, -0.15) is 0 Å². The smallest absolute Gasteiger partial charge is 0.147 e. The second-order valence-electron chi connectivity index (χ2n) is 8.17. The van der Waals surface area contributed by atoms with Crippen LogP contribution in [0.4, 0.5) is 17.1 Å². The predicted molar refractivity (Wildman–Crippen MR) is 136 cm³/mol. The van der Waals surface area contributed by atoms with Gasteiger partial charge in [-0.25, -0.2) is 0 Å². The Kier molecular flexibility index (Phi) is 3.84. The van der Waals surface area contributed by atoms with Crippen molar-refractivity contribution in [3.63, 3.8) is 0 Å². The van der Waals surface area contributed by atoms with Gasteiger partial charge in [0.05, 0.1) is 16.5 Å². The Hall–Kier alpha value is -4.50. The maximum absolute atomic E-state index is 6.40. The van der Waals surface area contributed by atoms with E-state index in [1.165, 1.54) is 0 Å². The van der Waals surface area contributed by atoms with Crippen LogP contribution in [0.25, 0.3) is 43.9 Å². The van der Waals surface area contributed by atoms with Gasteiger partial charge in [0.15, 0.2) is 0 Å². The van der Waals surface area contributed by atoms with Crippen LogP contribution in [0.1, 0.15) is 0 Å². The summed E-state index contributed by atoms with van der Waals surface area (Å²) in [6.45, 7) is 0. The monoisotopic (exact) mass is 425 g/mol. The molecule has 2 heterocycles. The molecule has 2 aromatic heterocycles. The van der Waals surface area contributed by atoms with E-state index < -0.39 is 0 Å². The molecule has 0 aliphatic heterocycles. The molecule has 0 fully saturated rings. The van der Waals surface area contributed by atoms with Crippen LogP contribution >= 0.6 is 0 Å². The third kappa shape index (κ3) is 2.69. The number of hydrogen-bond acceptors (Lipinski definition) is 3. The third-order valence-corrected chi connectivity index (χ3v) is 6.25. The molecule has 0 bridgehead atoms. The minimum Gasteiger partial charge on any atom is -0.456 e. The van der Waals surface area contributed by atoms with Crippen LogP contribution in [0, 0.1) is 0 Å². The minimum atomic E-state index is 0.824. The van der Waals surface area contributed by atoms with Gasteiger partial charge >= 0.3 is 0 Å². The van der Waals surface area contributed by atoms with E-state index in [0.29, 0.717) is 0 Å². The van der Waals surface area contributed by atoms with Gasteiger partial charge < -0.3 is 13.7 Å². The summed E-state index contributed by atoms with van der Waals surface area (Å²) in [6, 6.07) is 39.4. The van der Waals surface area contributed by atoms with Gasteiger partial charge in [0.1, 0.15) is 22.3 Å². The second kappa shape index (κ2) is 7.01. The highest BCUT2D eigenvalue weighted by atomic mass is 16.3. The van der Waals surface area contributed by atoms with Crippen LogP contribution in [-0.2, 0) is 0 Å². The number of rotatable bonds is 3. The Bertz CT molecular complexity index is 1720. The van der Waals surface area contributed by atoms with Gasteiger partial charge in [-0.1, -0.05) is 60.7 Å². The minimum absolute atomic E-state index is 0.824. The van der Waals surface area contributed by atoms with Crippen LogP contribution in [0.15, 0.2) is 124 Å². The third-order valence-electron chi connectivity index (χ3n) is 6.25. The summed E-state index contributed by atoms with van der Waals surface area (Å²) < 4.78 is 12.7. The molecule has 5 aromatic carbocycles. The summed E-state index contributed by atoms with van der Waals surface area (Å²) >= 11 is 0. The molecule has 0 amide bonds. The zero-order valence-electron chi connectivity index (χ0n) is 17.7. The molecule has 0 saturated carbocycles. The van der Waals surface area contributed by atoms with Crippen LogP contribution in [0.2, 0.25) is 0 Å². The van der Waals surface area contributed by atoms with Crippen LogP contribution in [0.3, 0.4) is 0 Å². The molecule has 3 heteroatoms. The van der Waals surface area contributed by atoms with Gasteiger partial charge in [-0.05, 0) is 54.6 Å². The summed E-state index contributed by atoms with van der Waals surface area (Å²) in [4.78, 5) is 2.28. The van der Waals surface area contributed by atoms with E-state index in [1.54, 1.807) is 0 Å². The van der Waals surface area contributed by atoms with Crippen molar-refractivity contribution >= 4 is 60.9 Å². The molecular formula is C30H19NO2. The summed E-state index contributed by atoms with van der Waals surface area (Å²) in [5.41, 5.74) is 6.63. The van der Waals surface area contributed by atoms with Gasteiger partial charge in [-0.15, -0.1) is 0 Å². The highest BCUT2D eigenvalue weighted by Crippen LogP contribution is 2.45. The number of hydrogen-bond donors (Lipinski definition) is 0. The van der Waals surface area contributed by atoms with E-state index in [-0.39, 0.29) is 0 Å². The van der Waals surface area contributed by atoms with Crippen molar-refractivity contribution in [1.29, 1.82) is 0 Å². The Balaban J connectivity index is 1.63. The van der Waals surface area contributed by atoms with Gasteiger partial charge in [0.2, 0.25) is 0 Å². The fourth-order valence-corrected chi connectivity index (χ4v) is 4.83. The topological polar surface area (TPSA) is 29.5 Å². The van der Waals surface area contributed by atoms with Gasteiger partial charge in [-0.3, -0.25) is 0 Å². The molecule has 7 aromatic rings. The van der Waals surface area contributed by atoms with E-state index in [2.05, 4.69) is 83.8 Å². The number of anilines is 3. The number of furan rings is 2. The summed E-state index contributed by atoms with van der Waals surface area (Å²) in [5.74, 6) is 0. The normalized spacial score (nSPS) is 11.6. The zero-order valence-corrected chi connectivity index (χ0v) is 17.7. The number of nitrogens with zero attached hydrogens (tertiary/aromatic N) is 1. The first-order valence-electron chi connectivity index (χ1n) is 11.0. The molecule has 0 saturated heterocycles. The van der Waals surface area contributed by atoms with E-state index in [0.717, 1.165) is 60.9 Å². The van der Waals surface area contributed by atoms with Crippen LogP contribution < -0.4 is 4.90 Å². The van der Waals surface area contributed by atoms with Crippen LogP contribution in [-0.4, -0.2) is 0 Å². The Morgan fingerprint density at radius 3 is 1.82 bits per heavy atom. The first kappa shape index (κ1) is 18.1. The average Bonchev–Trinajstić information content (AvgIpc) is 3.44. The maximum Gasteiger partial charge on any atom is 0.147 e. The van der Waals surface area contributed by atoms with Gasteiger partial charge in [0.25, 0.3) is 0 Å². The molecule has 0 N–H and O–H groups in total. The standard InChI is InChI=1S/C30H19NO2/c1-3-10-20(11-4-1)31(21-12-5-2-6-13-21)24-15-9-17-26-28(24)29-27(32-26)19-18-23-22-14-7-8-16-25(22)33-30(23)29/h1-19H. The Morgan fingerprint density at radius 1 is 0.424 bits per heavy atom. The van der Waals surface area contributed by atoms with E-state index in [4.69, 9.17) is 8.83 Å². The quantitative estimate of drug-likeness (QED) is 0.283. The molecule has 0 atom stereocenters. The zero-order chi connectivity index (χ0) is 21.8. The highest BCUT2D eigenvalue weighted by molar-refractivity contribution is 6.25. The van der Waals surface area contributed by atoms with Crippen LogP contribution in [0.5, 0.6) is 0 Å². The summed E-state index contributed by atoms with van der Waals surface area (Å²) in [7, 11) is 0.